The Morgan fingerprint density at radius 1 is 1.32 bits per heavy atom. The normalized spacial score (nSPS) is 14.5. The van der Waals surface area contributed by atoms with Gasteiger partial charge in [-0.15, -0.1) is 5.10 Å². The van der Waals surface area contributed by atoms with Crippen LogP contribution < -0.4 is 21.3 Å². The number of carbonyl (C=O) groups is 1. The van der Waals surface area contributed by atoms with Gasteiger partial charge in [0.25, 0.3) is 0 Å². The summed E-state index contributed by atoms with van der Waals surface area (Å²) in [6.45, 7) is 1.36. The Hall–Kier alpha value is -2.77. The summed E-state index contributed by atoms with van der Waals surface area (Å²) in [4.78, 5) is 17.1. The van der Waals surface area contributed by atoms with Gasteiger partial charge in [-0.05, 0) is 24.3 Å². The first kappa shape index (κ1) is 11.3. The molecule has 0 spiro atoms. The minimum atomic E-state index is -0.0672. The predicted molar refractivity (Wildman–Crippen MR) is 71.3 cm³/mol. The van der Waals surface area contributed by atoms with Gasteiger partial charge in [0.2, 0.25) is 11.9 Å². The first-order valence-corrected chi connectivity index (χ1v) is 5.83. The van der Waals surface area contributed by atoms with Crippen LogP contribution in [-0.2, 0) is 0 Å². The van der Waals surface area contributed by atoms with E-state index in [4.69, 9.17) is 5.73 Å². The van der Waals surface area contributed by atoms with Gasteiger partial charge in [0.15, 0.2) is 0 Å². The number of urea groups is 1. The van der Waals surface area contributed by atoms with Crippen LogP contribution in [-0.4, -0.2) is 34.3 Å². The number of aromatic amines is 1. The number of anilines is 4. The third-order valence-electron chi connectivity index (χ3n) is 2.79. The molecule has 3 rings (SSSR count). The van der Waals surface area contributed by atoms with Crippen molar-refractivity contribution < 1.29 is 4.79 Å². The number of rotatable bonds is 3. The van der Waals surface area contributed by atoms with Crippen LogP contribution in [0.25, 0.3) is 0 Å². The van der Waals surface area contributed by atoms with E-state index in [2.05, 4.69) is 25.8 Å². The number of nitrogen functional groups attached to an aromatic ring is 1. The van der Waals surface area contributed by atoms with Gasteiger partial charge in [-0.2, -0.15) is 4.98 Å². The third-order valence-corrected chi connectivity index (χ3v) is 2.79. The van der Waals surface area contributed by atoms with Gasteiger partial charge in [0.1, 0.15) is 0 Å². The van der Waals surface area contributed by atoms with Crippen LogP contribution in [0.4, 0.5) is 28.1 Å². The van der Waals surface area contributed by atoms with Crippen molar-refractivity contribution in [3.8, 4) is 0 Å². The van der Waals surface area contributed by atoms with Crippen molar-refractivity contribution in [2.75, 3.05) is 29.0 Å². The SMILES string of the molecule is Nc1nc(Nc2ccc(N3CCNC3=O)cc2)n[nH]1. The number of amides is 2. The number of nitrogens with zero attached hydrogens (tertiary/aromatic N) is 3. The number of nitrogens with one attached hydrogen (secondary N) is 3. The first-order chi connectivity index (χ1) is 9.22. The number of nitrogens with two attached hydrogens (primary N) is 1. The van der Waals surface area contributed by atoms with Gasteiger partial charge >= 0.3 is 6.03 Å². The molecule has 2 heterocycles. The van der Waals surface area contributed by atoms with Crippen molar-refractivity contribution in [3.63, 3.8) is 0 Å². The molecule has 2 amide bonds. The molecule has 0 unspecified atom stereocenters. The lowest BCUT2D eigenvalue weighted by atomic mass is 10.2. The predicted octanol–water partition coefficient (Wildman–Crippen LogP) is 0.660. The Morgan fingerprint density at radius 2 is 2.11 bits per heavy atom. The van der Waals surface area contributed by atoms with E-state index in [1.807, 2.05) is 24.3 Å². The molecule has 1 aliphatic heterocycles. The number of H-pyrrole nitrogens is 1. The van der Waals surface area contributed by atoms with Gasteiger partial charge in [-0.1, -0.05) is 0 Å². The van der Waals surface area contributed by atoms with Gasteiger partial charge < -0.3 is 16.4 Å². The summed E-state index contributed by atoms with van der Waals surface area (Å²) in [5.74, 6) is 0.664. The molecule has 19 heavy (non-hydrogen) atoms. The molecule has 1 aromatic heterocycles. The zero-order chi connectivity index (χ0) is 13.2. The maximum Gasteiger partial charge on any atom is 0.321 e. The lowest BCUT2D eigenvalue weighted by Gasteiger charge is -2.14. The second-order valence-corrected chi connectivity index (χ2v) is 4.10. The molecule has 0 aliphatic carbocycles. The average Bonchev–Trinajstić information content (AvgIpc) is 3.00. The third kappa shape index (κ3) is 2.28. The van der Waals surface area contributed by atoms with Gasteiger partial charge in [-0.25, -0.2) is 9.89 Å². The van der Waals surface area contributed by atoms with Gasteiger partial charge in [0.05, 0.1) is 0 Å². The maximum atomic E-state index is 11.5. The molecule has 1 fully saturated rings. The fraction of sp³-hybridized carbons (Fsp3) is 0.182. The number of benzene rings is 1. The Kier molecular flexibility index (Phi) is 2.67. The van der Waals surface area contributed by atoms with Crippen LogP contribution in [0.5, 0.6) is 0 Å². The number of hydrogen-bond donors (Lipinski definition) is 4. The summed E-state index contributed by atoms with van der Waals surface area (Å²) in [5.41, 5.74) is 7.11. The van der Waals surface area contributed by atoms with Crippen molar-refractivity contribution in [3.05, 3.63) is 24.3 Å². The van der Waals surface area contributed by atoms with Crippen molar-refractivity contribution in [1.82, 2.24) is 20.5 Å². The van der Waals surface area contributed by atoms with E-state index < -0.39 is 0 Å². The van der Waals surface area contributed by atoms with Gasteiger partial charge in [-0.3, -0.25) is 4.90 Å². The summed E-state index contributed by atoms with van der Waals surface area (Å²) >= 11 is 0. The smallest absolute Gasteiger partial charge is 0.321 e. The van der Waals surface area contributed by atoms with Crippen molar-refractivity contribution >= 4 is 29.3 Å². The molecule has 0 bridgehead atoms. The van der Waals surface area contributed by atoms with E-state index >= 15 is 0 Å². The van der Waals surface area contributed by atoms with E-state index in [0.717, 1.165) is 11.4 Å². The van der Waals surface area contributed by atoms with Crippen LogP contribution in [0.3, 0.4) is 0 Å². The number of carbonyl (C=O) groups excluding carboxylic acids is 1. The Labute approximate surface area is 109 Å². The first-order valence-electron chi connectivity index (χ1n) is 5.83. The number of aromatic nitrogens is 3. The van der Waals surface area contributed by atoms with E-state index in [0.29, 0.717) is 19.0 Å². The summed E-state index contributed by atoms with van der Waals surface area (Å²) in [5, 5.41) is 12.2. The maximum absolute atomic E-state index is 11.5. The highest BCUT2D eigenvalue weighted by Gasteiger charge is 2.20. The molecule has 0 saturated carbocycles. The molecule has 0 atom stereocenters. The van der Waals surface area contributed by atoms with Crippen LogP contribution in [0.1, 0.15) is 0 Å². The Bertz CT molecular complexity index is 591. The lowest BCUT2D eigenvalue weighted by Crippen LogP contribution is -2.27. The van der Waals surface area contributed by atoms with E-state index in [-0.39, 0.29) is 12.0 Å². The standard InChI is InChI=1S/C11H13N7O/c12-9-15-10(17-16-9)14-7-1-3-8(4-2-7)18-6-5-13-11(18)19/h1-4H,5-6H2,(H,13,19)(H4,12,14,15,16,17). The minimum absolute atomic E-state index is 0.0672. The average molecular weight is 259 g/mol. The molecule has 1 aliphatic rings. The highest BCUT2D eigenvalue weighted by atomic mass is 16.2. The van der Waals surface area contributed by atoms with E-state index in [9.17, 15) is 4.79 Å². The minimum Gasteiger partial charge on any atom is -0.368 e. The Balaban J connectivity index is 1.73. The van der Waals surface area contributed by atoms with Crippen molar-refractivity contribution in [1.29, 1.82) is 0 Å². The second-order valence-electron chi connectivity index (χ2n) is 4.10. The zero-order valence-electron chi connectivity index (χ0n) is 10.1. The molecule has 8 nitrogen and oxygen atoms in total. The molecular formula is C11H13N7O. The van der Waals surface area contributed by atoms with Crippen LogP contribution in [0.15, 0.2) is 24.3 Å². The monoisotopic (exact) mass is 259 g/mol. The molecule has 2 aromatic rings. The fourth-order valence-electron chi connectivity index (χ4n) is 1.90. The molecule has 0 radical (unpaired) electrons. The largest absolute Gasteiger partial charge is 0.368 e. The lowest BCUT2D eigenvalue weighted by molar-refractivity contribution is 0.252. The summed E-state index contributed by atoms with van der Waals surface area (Å²) in [6.07, 6.45) is 0. The topological polar surface area (TPSA) is 112 Å². The van der Waals surface area contributed by atoms with Crippen molar-refractivity contribution in [2.24, 2.45) is 0 Å². The van der Waals surface area contributed by atoms with Crippen LogP contribution in [0, 0.1) is 0 Å². The van der Waals surface area contributed by atoms with Gasteiger partial charge in [0, 0.05) is 24.5 Å². The molecule has 1 aromatic carbocycles. The summed E-state index contributed by atoms with van der Waals surface area (Å²) < 4.78 is 0. The van der Waals surface area contributed by atoms with Crippen molar-refractivity contribution in [2.45, 2.75) is 0 Å². The summed E-state index contributed by atoms with van der Waals surface area (Å²) in [7, 11) is 0. The highest BCUT2D eigenvalue weighted by molar-refractivity contribution is 5.94. The molecule has 98 valence electrons. The van der Waals surface area contributed by atoms with Crippen LogP contribution >= 0.6 is 0 Å². The number of hydrogen-bond acceptors (Lipinski definition) is 5. The molecular weight excluding hydrogens is 246 g/mol. The highest BCUT2D eigenvalue weighted by Crippen LogP contribution is 2.21. The molecule has 1 saturated heterocycles. The zero-order valence-corrected chi connectivity index (χ0v) is 10.1. The molecule has 8 heteroatoms. The quantitative estimate of drug-likeness (QED) is 0.647. The second kappa shape index (κ2) is 4.48. The van der Waals surface area contributed by atoms with E-state index in [1.165, 1.54) is 0 Å². The van der Waals surface area contributed by atoms with Crippen LogP contribution in [0.2, 0.25) is 0 Å². The fourth-order valence-corrected chi connectivity index (χ4v) is 1.90. The van der Waals surface area contributed by atoms with E-state index in [1.54, 1.807) is 4.90 Å². The Morgan fingerprint density at radius 3 is 2.68 bits per heavy atom. The molecule has 5 N–H and O–H groups in total. The summed E-state index contributed by atoms with van der Waals surface area (Å²) in [6, 6.07) is 7.37.